The summed E-state index contributed by atoms with van der Waals surface area (Å²) in [5.74, 6) is 0. The number of sulfonamides is 1. The fourth-order valence-corrected chi connectivity index (χ4v) is 3.31. The maximum absolute atomic E-state index is 12.2. The van der Waals surface area contributed by atoms with Crippen LogP contribution in [-0.2, 0) is 10.0 Å². The van der Waals surface area contributed by atoms with Crippen molar-refractivity contribution in [1.82, 2.24) is 0 Å². The van der Waals surface area contributed by atoms with Crippen LogP contribution in [0.1, 0.15) is 5.56 Å². The molecule has 0 fully saturated rings. The first-order chi connectivity index (χ1) is 8.88. The van der Waals surface area contributed by atoms with Gasteiger partial charge < -0.3 is 0 Å². The summed E-state index contributed by atoms with van der Waals surface area (Å²) in [6.07, 6.45) is 0. The van der Waals surface area contributed by atoms with E-state index in [2.05, 4.69) is 11.6 Å². The van der Waals surface area contributed by atoms with E-state index in [4.69, 9.17) is 23.2 Å². The molecule has 6 heteroatoms. The van der Waals surface area contributed by atoms with Crippen molar-refractivity contribution < 1.29 is 8.42 Å². The van der Waals surface area contributed by atoms with Gasteiger partial charge in [0.2, 0.25) is 0 Å². The fourth-order valence-electron chi connectivity index (χ4n) is 1.48. The Bertz CT molecular complexity index is 697. The summed E-state index contributed by atoms with van der Waals surface area (Å²) in [6, 6.07) is 10.9. The number of hydrogen-bond donors (Lipinski definition) is 1. The second kappa shape index (κ2) is 5.41. The van der Waals surface area contributed by atoms with Gasteiger partial charge in [-0.3, -0.25) is 4.72 Å². The predicted molar refractivity (Wildman–Crippen MR) is 78.2 cm³/mol. The van der Waals surface area contributed by atoms with E-state index < -0.39 is 10.0 Å². The van der Waals surface area contributed by atoms with Crippen LogP contribution in [-0.4, -0.2) is 8.42 Å². The molecular formula is C13H10Cl2NO2S. The Hall–Kier alpha value is -1.23. The van der Waals surface area contributed by atoms with E-state index >= 15 is 0 Å². The van der Waals surface area contributed by atoms with E-state index in [1.807, 2.05) is 0 Å². The van der Waals surface area contributed by atoms with Gasteiger partial charge in [0.25, 0.3) is 10.0 Å². The van der Waals surface area contributed by atoms with Crippen LogP contribution in [0, 0.1) is 6.92 Å². The molecule has 2 aromatic carbocycles. The minimum atomic E-state index is -3.73. The van der Waals surface area contributed by atoms with Gasteiger partial charge in [-0.05, 0) is 42.8 Å². The first-order valence-electron chi connectivity index (χ1n) is 5.28. The van der Waals surface area contributed by atoms with Gasteiger partial charge in [-0.25, -0.2) is 8.42 Å². The molecule has 0 unspecified atom stereocenters. The van der Waals surface area contributed by atoms with Crippen LogP contribution >= 0.6 is 23.2 Å². The Balaban J connectivity index is 2.35. The Labute approximate surface area is 122 Å². The van der Waals surface area contributed by atoms with E-state index in [0.717, 1.165) is 5.56 Å². The molecule has 2 rings (SSSR count). The quantitative estimate of drug-likeness (QED) is 0.931. The average Bonchev–Trinajstić information content (AvgIpc) is 2.31. The molecule has 2 aromatic rings. The average molecular weight is 315 g/mol. The SMILES string of the molecule is [CH2]c1ccc(NS(=O)(=O)c2ccc(Cl)cc2Cl)cc1. The lowest BCUT2D eigenvalue weighted by molar-refractivity contribution is 0.601. The van der Waals surface area contributed by atoms with Gasteiger partial charge in [0.15, 0.2) is 0 Å². The molecule has 0 heterocycles. The van der Waals surface area contributed by atoms with Gasteiger partial charge in [-0.15, -0.1) is 0 Å². The minimum Gasteiger partial charge on any atom is -0.280 e. The van der Waals surface area contributed by atoms with Crippen molar-refractivity contribution in [1.29, 1.82) is 0 Å². The zero-order valence-electron chi connectivity index (χ0n) is 9.73. The molecule has 0 aliphatic rings. The highest BCUT2D eigenvalue weighted by molar-refractivity contribution is 7.92. The van der Waals surface area contributed by atoms with Gasteiger partial charge in [-0.1, -0.05) is 35.3 Å². The zero-order valence-corrected chi connectivity index (χ0v) is 12.1. The molecule has 0 amide bonds. The Kier molecular flexibility index (Phi) is 4.04. The molecular weight excluding hydrogens is 305 g/mol. The summed E-state index contributed by atoms with van der Waals surface area (Å²) in [7, 11) is -3.73. The van der Waals surface area contributed by atoms with Crippen LogP contribution in [0.5, 0.6) is 0 Å². The third-order valence-corrected chi connectivity index (χ3v) is 4.49. The van der Waals surface area contributed by atoms with E-state index in [0.29, 0.717) is 10.7 Å². The third kappa shape index (κ3) is 3.41. The zero-order chi connectivity index (χ0) is 14.0. The van der Waals surface area contributed by atoms with Gasteiger partial charge >= 0.3 is 0 Å². The van der Waals surface area contributed by atoms with Crippen molar-refractivity contribution in [2.75, 3.05) is 4.72 Å². The monoisotopic (exact) mass is 314 g/mol. The molecule has 0 atom stereocenters. The van der Waals surface area contributed by atoms with Crippen molar-refractivity contribution in [3.63, 3.8) is 0 Å². The Morgan fingerprint density at radius 1 is 1.00 bits per heavy atom. The van der Waals surface area contributed by atoms with Crippen LogP contribution in [0.15, 0.2) is 47.4 Å². The molecule has 3 nitrogen and oxygen atoms in total. The number of anilines is 1. The molecule has 0 spiro atoms. The van der Waals surface area contributed by atoms with Crippen molar-refractivity contribution in [3.05, 3.63) is 65.0 Å². The van der Waals surface area contributed by atoms with Gasteiger partial charge in [0.05, 0.1) is 5.02 Å². The molecule has 0 saturated heterocycles. The molecule has 1 N–H and O–H groups in total. The van der Waals surface area contributed by atoms with Gasteiger partial charge in [0.1, 0.15) is 4.90 Å². The normalized spacial score (nSPS) is 11.3. The first-order valence-corrected chi connectivity index (χ1v) is 7.52. The molecule has 0 saturated carbocycles. The van der Waals surface area contributed by atoms with E-state index in [1.54, 1.807) is 24.3 Å². The van der Waals surface area contributed by atoms with Crippen molar-refractivity contribution in [3.8, 4) is 0 Å². The second-order valence-corrected chi connectivity index (χ2v) is 6.37. The Morgan fingerprint density at radius 2 is 1.63 bits per heavy atom. The summed E-state index contributed by atoms with van der Waals surface area (Å²) in [4.78, 5) is -0.0164. The number of benzene rings is 2. The highest BCUT2D eigenvalue weighted by Gasteiger charge is 2.18. The van der Waals surface area contributed by atoms with E-state index in [1.165, 1.54) is 18.2 Å². The predicted octanol–water partition coefficient (Wildman–Crippen LogP) is 3.98. The summed E-state index contributed by atoms with van der Waals surface area (Å²) >= 11 is 11.6. The van der Waals surface area contributed by atoms with Crippen molar-refractivity contribution >= 4 is 38.9 Å². The number of hydrogen-bond acceptors (Lipinski definition) is 2. The number of nitrogens with one attached hydrogen (secondary N) is 1. The van der Waals surface area contributed by atoms with Crippen molar-refractivity contribution in [2.24, 2.45) is 0 Å². The molecule has 0 aromatic heterocycles. The highest BCUT2D eigenvalue weighted by atomic mass is 35.5. The number of halogens is 2. The smallest absolute Gasteiger partial charge is 0.263 e. The van der Waals surface area contributed by atoms with Crippen LogP contribution in [0.3, 0.4) is 0 Å². The first kappa shape index (κ1) is 14.2. The van der Waals surface area contributed by atoms with Crippen LogP contribution < -0.4 is 4.72 Å². The minimum absolute atomic E-state index is 0.0164. The summed E-state index contributed by atoms with van der Waals surface area (Å²) < 4.78 is 26.8. The van der Waals surface area contributed by atoms with Crippen LogP contribution in [0.4, 0.5) is 5.69 Å². The van der Waals surface area contributed by atoms with Crippen LogP contribution in [0.25, 0.3) is 0 Å². The Morgan fingerprint density at radius 3 is 2.21 bits per heavy atom. The molecule has 0 bridgehead atoms. The highest BCUT2D eigenvalue weighted by Crippen LogP contribution is 2.26. The lowest BCUT2D eigenvalue weighted by Gasteiger charge is -2.09. The summed E-state index contributed by atoms with van der Waals surface area (Å²) in [5, 5.41) is 0.458. The molecule has 19 heavy (non-hydrogen) atoms. The van der Waals surface area contributed by atoms with E-state index in [9.17, 15) is 8.42 Å². The third-order valence-electron chi connectivity index (χ3n) is 2.39. The van der Waals surface area contributed by atoms with Crippen molar-refractivity contribution in [2.45, 2.75) is 4.90 Å². The number of rotatable bonds is 3. The fraction of sp³-hybridized carbons (Fsp3) is 0. The second-order valence-electron chi connectivity index (χ2n) is 3.88. The molecule has 99 valence electrons. The maximum atomic E-state index is 12.2. The standard InChI is InChI=1S/C13H10Cl2NO2S/c1-9-2-5-11(6-3-9)16-19(17,18)13-7-4-10(14)8-12(13)15/h2-8,16H,1H2. The van der Waals surface area contributed by atoms with Gasteiger partial charge in [-0.2, -0.15) is 0 Å². The van der Waals surface area contributed by atoms with Crippen LogP contribution in [0.2, 0.25) is 10.0 Å². The largest absolute Gasteiger partial charge is 0.280 e. The van der Waals surface area contributed by atoms with Gasteiger partial charge in [0, 0.05) is 10.7 Å². The lowest BCUT2D eigenvalue weighted by Crippen LogP contribution is -2.13. The van der Waals surface area contributed by atoms with E-state index in [-0.39, 0.29) is 9.92 Å². The molecule has 0 aliphatic carbocycles. The molecule has 0 aliphatic heterocycles. The molecule has 1 radical (unpaired) electrons. The topological polar surface area (TPSA) is 46.2 Å². The summed E-state index contributed by atoms with van der Waals surface area (Å²) in [5.41, 5.74) is 1.24. The summed E-state index contributed by atoms with van der Waals surface area (Å²) in [6.45, 7) is 3.73. The lowest BCUT2D eigenvalue weighted by atomic mass is 10.2. The maximum Gasteiger partial charge on any atom is 0.263 e.